The molecule has 3 aromatic rings. The van der Waals surface area contributed by atoms with Crippen molar-refractivity contribution < 1.29 is 38.9 Å². The minimum absolute atomic E-state index is 0.0502. The summed E-state index contributed by atoms with van der Waals surface area (Å²) < 4.78 is 12.1. The zero-order valence-electron chi connectivity index (χ0n) is 24.2. The van der Waals surface area contributed by atoms with Gasteiger partial charge in [0.2, 0.25) is 6.79 Å². The van der Waals surface area contributed by atoms with Crippen LogP contribution in [0.15, 0.2) is 48.5 Å². The molecule has 0 spiro atoms. The Labute approximate surface area is 238 Å². The van der Waals surface area contributed by atoms with Crippen molar-refractivity contribution in [2.75, 3.05) is 6.79 Å². The van der Waals surface area contributed by atoms with Crippen LogP contribution in [-0.4, -0.2) is 50.2 Å². The number of Topliss-reactive ketones (excluding diaryl/α,β-unsaturated/α-hetero) is 1. The molecule has 1 heterocycles. The zero-order valence-corrected chi connectivity index (χ0v) is 24.2. The maximum atomic E-state index is 13.3. The van der Waals surface area contributed by atoms with Crippen molar-refractivity contribution in [1.82, 2.24) is 9.55 Å². The number of benzene rings is 2. The lowest BCUT2D eigenvalue weighted by Crippen LogP contribution is -2.27. The van der Waals surface area contributed by atoms with Crippen LogP contribution in [0.1, 0.15) is 85.9 Å². The number of ether oxygens (including phenoxy) is 2. The van der Waals surface area contributed by atoms with E-state index in [4.69, 9.17) is 9.47 Å². The van der Waals surface area contributed by atoms with Gasteiger partial charge in [-0.3, -0.25) is 9.59 Å². The Hall–Kier alpha value is -4.31. The van der Waals surface area contributed by atoms with Crippen LogP contribution >= 0.6 is 0 Å². The highest BCUT2D eigenvalue weighted by molar-refractivity contribution is 6.41. The highest BCUT2D eigenvalue weighted by Gasteiger charge is 2.33. The maximum Gasteiger partial charge on any atom is 0.377 e. The number of carbonyl (C=O) groups excluding carboxylic acids is 3. The molecule has 10 heteroatoms. The molecule has 2 N–H and O–H groups in total. The molecule has 10 nitrogen and oxygen atoms in total. The van der Waals surface area contributed by atoms with Crippen LogP contribution in [0.5, 0.6) is 0 Å². The van der Waals surface area contributed by atoms with Crippen LogP contribution in [0.2, 0.25) is 0 Å². The molecule has 0 atom stereocenters. The Kier molecular flexibility index (Phi) is 9.49. The predicted molar refractivity (Wildman–Crippen MR) is 150 cm³/mol. The Morgan fingerprint density at radius 2 is 1.56 bits per heavy atom. The van der Waals surface area contributed by atoms with Crippen LogP contribution < -0.4 is 0 Å². The molecule has 0 bridgehead atoms. The molecule has 0 amide bonds. The molecule has 0 radical (unpaired) electrons. The lowest BCUT2D eigenvalue weighted by atomic mass is 9.96. The molecule has 1 aromatic heterocycles. The van der Waals surface area contributed by atoms with Gasteiger partial charge in [-0.15, -0.1) is 0 Å². The van der Waals surface area contributed by atoms with Gasteiger partial charge in [0.1, 0.15) is 17.1 Å². The minimum atomic E-state index is -1.53. The highest BCUT2D eigenvalue weighted by atomic mass is 16.7. The van der Waals surface area contributed by atoms with Gasteiger partial charge in [-0.1, -0.05) is 55.5 Å². The first-order chi connectivity index (χ1) is 19.1. The molecule has 0 saturated carbocycles. The molecule has 2 aromatic carbocycles. The van der Waals surface area contributed by atoms with Crippen LogP contribution in [0, 0.1) is 5.41 Å². The number of carbonyl (C=O) groups is 4. The van der Waals surface area contributed by atoms with Crippen LogP contribution in [0.4, 0.5) is 0 Å². The van der Waals surface area contributed by atoms with E-state index in [0.717, 1.165) is 12.0 Å². The fourth-order valence-electron chi connectivity index (χ4n) is 4.16. The molecule has 218 valence electrons. The SMILES string of the molecule is CCCc1nc(C(C)(C)O)c(C(=O)OCOC(=O)C(C)(C)C)n1Cc1ccc(-c2ccccc2C(=O)C(=O)O)cc1. The summed E-state index contributed by atoms with van der Waals surface area (Å²) in [6, 6.07) is 13.6. The maximum absolute atomic E-state index is 13.3. The third-order valence-corrected chi connectivity index (χ3v) is 6.26. The summed E-state index contributed by atoms with van der Waals surface area (Å²) in [5.74, 6) is -3.28. The number of aryl methyl sites for hydroxylation is 1. The minimum Gasteiger partial charge on any atom is -0.475 e. The number of nitrogens with zero attached hydrogens (tertiary/aromatic N) is 2. The summed E-state index contributed by atoms with van der Waals surface area (Å²) in [7, 11) is 0. The van der Waals surface area contributed by atoms with Crippen molar-refractivity contribution in [2.45, 2.75) is 66.5 Å². The van der Waals surface area contributed by atoms with E-state index < -0.39 is 41.5 Å². The Balaban J connectivity index is 1.97. The first kappa shape index (κ1) is 31.2. The number of carboxylic acid groups (broad SMARTS) is 1. The van der Waals surface area contributed by atoms with Gasteiger partial charge >= 0.3 is 17.9 Å². The standard InChI is InChI=1S/C31H36N2O8/c1-7-10-23-32-26(31(5,6)39)24(28(37)40-18-41-29(38)30(2,3)4)33(23)17-19-13-15-20(16-14-19)21-11-8-9-12-22(21)25(34)27(35)36/h8-9,11-16,39H,7,10,17-18H2,1-6H3,(H,35,36). The normalized spacial score (nSPS) is 11.7. The first-order valence-corrected chi connectivity index (χ1v) is 13.3. The number of hydrogen-bond donors (Lipinski definition) is 2. The third kappa shape index (κ3) is 7.46. The van der Waals surface area contributed by atoms with E-state index in [1.807, 2.05) is 6.92 Å². The third-order valence-electron chi connectivity index (χ3n) is 6.26. The van der Waals surface area contributed by atoms with Crippen LogP contribution in [-0.2, 0) is 37.6 Å². The number of aliphatic carboxylic acids is 1. The smallest absolute Gasteiger partial charge is 0.377 e. The van der Waals surface area contributed by atoms with E-state index in [2.05, 4.69) is 4.98 Å². The molecular formula is C31H36N2O8. The number of carboxylic acids is 1. The molecule has 41 heavy (non-hydrogen) atoms. The first-order valence-electron chi connectivity index (χ1n) is 13.3. The molecule has 0 saturated heterocycles. The molecule has 0 unspecified atom stereocenters. The summed E-state index contributed by atoms with van der Waals surface area (Å²) in [5, 5.41) is 20.0. The Morgan fingerprint density at radius 1 is 0.927 bits per heavy atom. The van der Waals surface area contributed by atoms with E-state index in [9.17, 15) is 29.4 Å². The van der Waals surface area contributed by atoms with Crippen molar-refractivity contribution in [2.24, 2.45) is 5.41 Å². The van der Waals surface area contributed by atoms with Gasteiger partial charge in [0, 0.05) is 18.5 Å². The summed E-state index contributed by atoms with van der Waals surface area (Å²) in [5.41, 5.74) is -0.0429. The monoisotopic (exact) mass is 564 g/mol. The van der Waals surface area contributed by atoms with Gasteiger partial charge in [0.15, 0.2) is 5.69 Å². The highest BCUT2D eigenvalue weighted by Crippen LogP contribution is 2.28. The number of aliphatic hydroxyl groups is 1. The predicted octanol–water partition coefficient (Wildman–Crippen LogP) is 4.75. The second kappa shape index (κ2) is 12.5. The van der Waals surface area contributed by atoms with E-state index in [1.165, 1.54) is 19.9 Å². The fraction of sp³-hybridized carbons (Fsp3) is 0.387. The number of hydrogen-bond acceptors (Lipinski definition) is 8. The Bertz CT molecular complexity index is 1440. The van der Waals surface area contributed by atoms with Crippen LogP contribution in [0.25, 0.3) is 11.1 Å². The average molecular weight is 565 g/mol. The molecular weight excluding hydrogens is 528 g/mol. The van der Waals surface area contributed by atoms with Crippen molar-refractivity contribution in [3.63, 3.8) is 0 Å². The average Bonchev–Trinajstić information content (AvgIpc) is 3.26. The van der Waals surface area contributed by atoms with Crippen molar-refractivity contribution >= 4 is 23.7 Å². The molecule has 0 aliphatic rings. The number of aromatic nitrogens is 2. The second-order valence-electron chi connectivity index (χ2n) is 11.2. The van der Waals surface area contributed by atoms with Crippen molar-refractivity contribution in [3.8, 4) is 11.1 Å². The van der Waals surface area contributed by atoms with Crippen molar-refractivity contribution in [3.05, 3.63) is 76.9 Å². The summed E-state index contributed by atoms with van der Waals surface area (Å²) in [4.78, 5) is 53.5. The number of esters is 2. The quantitative estimate of drug-likeness (QED) is 0.146. The van der Waals surface area contributed by atoms with E-state index in [1.54, 1.807) is 67.8 Å². The van der Waals surface area contributed by atoms with Gasteiger partial charge in [-0.2, -0.15) is 0 Å². The lowest BCUT2D eigenvalue weighted by molar-refractivity contribution is -0.161. The van der Waals surface area contributed by atoms with E-state index in [0.29, 0.717) is 23.4 Å². The summed E-state index contributed by atoms with van der Waals surface area (Å²) in [6.07, 6.45) is 1.26. The van der Waals surface area contributed by atoms with Gasteiger partial charge in [-0.25, -0.2) is 14.6 Å². The lowest BCUT2D eigenvalue weighted by Gasteiger charge is -2.19. The molecule has 3 rings (SSSR count). The molecule has 0 aliphatic carbocycles. The summed E-state index contributed by atoms with van der Waals surface area (Å²) >= 11 is 0. The van der Waals surface area contributed by atoms with Gasteiger partial charge in [0.25, 0.3) is 5.78 Å². The largest absolute Gasteiger partial charge is 0.475 e. The van der Waals surface area contributed by atoms with Gasteiger partial charge in [-0.05, 0) is 57.7 Å². The Morgan fingerprint density at radius 3 is 2.12 bits per heavy atom. The fourth-order valence-corrected chi connectivity index (χ4v) is 4.16. The van der Waals surface area contributed by atoms with Gasteiger partial charge in [0.05, 0.1) is 5.41 Å². The summed E-state index contributed by atoms with van der Waals surface area (Å²) in [6.45, 7) is 9.69. The topological polar surface area (TPSA) is 145 Å². The number of rotatable bonds is 11. The zero-order chi connectivity index (χ0) is 30.5. The number of imidazole rings is 1. The van der Waals surface area contributed by atoms with E-state index >= 15 is 0 Å². The second-order valence-corrected chi connectivity index (χ2v) is 11.2. The van der Waals surface area contributed by atoms with E-state index in [-0.39, 0.29) is 23.5 Å². The molecule has 0 aliphatic heterocycles. The van der Waals surface area contributed by atoms with Gasteiger partial charge < -0.3 is 24.3 Å². The van der Waals surface area contributed by atoms with Crippen LogP contribution in [0.3, 0.4) is 0 Å². The number of ketones is 1. The molecule has 0 fully saturated rings. The van der Waals surface area contributed by atoms with Crippen molar-refractivity contribution in [1.29, 1.82) is 0 Å².